The Kier molecular flexibility index (Phi) is 5.16. The number of hydrogen-bond donors (Lipinski definition) is 1. The lowest BCUT2D eigenvalue weighted by atomic mass is 10.0. The zero-order valence-electron chi connectivity index (χ0n) is 10.6. The molecule has 0 aliphatic rings. The van der Waals surface area contributed by atoms with Crippen LogP contribution in [0.5, 0.6) is 0 Å². The van der Waals surface area contributed by atoms with Gasteiger partial charge in [0.1, 0.15) is 0 Å². The molecule has 0 aliphatic carbocycles. The van der Waals surface area contributed by atoms with Gasteiger partial charge in [0.25, 0.3) is 0 Å². The molecule has 0 radical (unpaired) electrons. The maximum absolute atomic E-state index is 6.25. The lowest BCUT2D eigenvalue weighted by Gasteiger charge is -2.12. The number of rotatable bonds is 5. The summed E-state index contributed by atoms with van der Waals surface area (Å²) in [7, 11) is 0. The van der Waals surface area contributed by atoms with Crippen LogP contribution in [0.25, 0.3) is 0 Å². The van der Waals surface area contributed by atoms with Crippen LogP contribution in [0.2, 0.25) is 10.0 Å². The van der Waals surface area contributed by atoms with Gasteiger partial charge in [-0.05, 0) is 42.1 Å². The van der Waals surface area contributed by atoms with Gasteiger partial charge in [0.15, 0.2) is 0 Å². The van der Waals surface area contributed by atoms with Crippen molar-refractivity contribution >= 4 is 34.7 Å². The van der Waals surface area contributed by atoms with Gasteiger partial charge in [-0.2, -0.15) is 0 Å². The van der Waals surface area contributed by atoms with E-state index in [1.807, 2.05) is 12.1 Å². The molecular formula is C13H15Cl2N3S. The van der Waals surface area contributed by atoms with Gasteiger partial charge in [0.2, 0.25) is 0 Å². The van der Waals surface area contributed by atoms with E-state index in [9.17, 15) is 0 Å². The summed E-state index contributed by atoms with van der Waals surface area (Å²) in [4.78, 5) is 1.05. The SMILES string of the molecule is CCCc1nnsc1C(N)Cc1ccc(Cl)cc1Cl. The minimum Gasteiger partial charge on any atom is -0.323 e. The van der Waals surface area contributed by atoms with Crippen molar-refractivity contribution in [3.8, 4) is 0 Å². The van der Waals surface area contributed by atoms with Crippen LogP contribution >= 0.6 is 34.7 Å². The highest BCUT2D eigenvalue weighted by Crippen LogP contribution is 2.27. The normalized spacial score (nSPS) is 12.6. The van der Waals surface area contributed by atoms with Crippen LogP contribution in [-0.4, -0.2) is 9.59 Å². The maximum Gasteiger partial charge on any atom is 0.0803 e. The molecule has 0 aliphatic heterocycles. The van der Waals surface area contributed by atoms with E-state index >= 15 is 0 Å². The second-order valence-corrected chi connectivity index (χ2v) is 6.01. The molecule has 0 saturated carbocycles. The fourth-order valence-corrected chi connectivity index (χ4v) is 3.10. The van der Waals surface area contributed by atoms with Gasteiger partial charge >= 0.3 is 0 Å². The predicted octanol–water partition coefficient (Wildman–Crippen LogP) is 4.04. The molecule has 102 valence electrons. The van der Waals surface area contributed by atoms with E-state index in [0.717, 1.165) is 29.0 Å². The molecule has 0 fully saturated rings. The quantitative estimate of drug-likeness (QED) is 0.905. The molecule has 1 aromatic heterocycles. The molecule has 1 aromatic carbocycles. The van der Waals surface area contributed by atoms with E-state index in [2.05, 4.69) is 16.5 Å². The van der Waals surface area contributed by atoms with Gasteiger partial charge < -0.3 is 5.73 Å². The van der Waals surface area contributed by atoms with E-state index in [-0.39, 0.29) is 6.04 Å². The number of benzene rings is 1. The van der Waals surface area contributed by atoms with Crippen LogP contribution in [0.3, 0.4) is 0 Å². The van der Waals surface area contributed by atoms with E-state index in [1.165, 1.54) is 11.5 Å². The lowest BCUT2D eigenvalue weighted by Crippen LogP contribution is -2.14. The first kappa shape index (κ1) is 14.7. The highest BCUT2D eigenvalue weighted by atomic mass is 35.5. The number of halogens is 2. The second kappa shape index (κ2) is 6.66. The summed E-state index contributed by atoms with van der Waals surface area (Å²) in [5.41, 5.74) is 8.25. The number of aromatic nitrogens is 2. The first-order valence-electron chi connectivity index (χ1n) is 6.12. The third-order valence-electron chi connectivity index (χ3n) is 2.86. The van der Waals surface area contributed by atoms with Gasteiger partial charge in [-0.3, -0.25) is 0 Å². The Bertz CT molecular complexity index is 557. The highest BCUT2D eigenvalue weighted by Gasteiger charge is 2.16. The van der Waals surface area contributed by atoms with Crippen molar-refractivity contribution in [1.29, 1.82) is 0 Å². The Balaban J connectivity index is 2.16. The Hall–Kier alpha value is -0.680. The summed E-state index contributed by atoms with van der Waals surface area (Å²) in [6.07, 6.45) is 2.61. The van der Waals surface area contributed by atoms with Crippen LogP contribution in [-0.2, 0) is 12.8 Å². The third kappa shape index (κ3) is 3.66. The molecule has 0 amide bonds. The summed E-state index contributed by atoms with van der Waals surface area (Å²) in [6, 6.07) is 5.36. The molecule has 1 unspecified atom stereocenters. The monoisotopic (exact) mass is 315 g/mol. The molecule has 19 heavy (non-hydrogen) atoms. The smallest absolute Gasteiger partial charge is 0.0803 e. The predicted molar refractivity (Wildman–Crippen MR) is 81.0 cm³/mol. The van der Waals surface area contributed by atoms with Crippen LogP contribution in [0, 0.1) is 0 Å². The van der Waals surface area contributed by atoms with Gasteiger partial charge in [-0.25, -0.2) is 0 Å². The average Bonchev–Trinajstić information content (AvgIpc) is 2.81. The molecule has 3 nitrogen and oxygen atoms in total. The fraction of sp³-hybridized carbons (Fsp3) is 0.385. The number of aryl methyl sites for hydroxylation is 1. The van der Waals surface area contributed by atoms with Crippen LogP contribution in [0.15, 0.2) is 18.2 Å². The molecule has 0 spiro atoms. The van der Waals surface area contributed by atoms with E-state index in [4.69, 9.17) is 28.9 Å². The van der Waals surface area contributed by atoms with Crippen molar-refractivity contribution in [2.45, 2.75) is 32.2 Å². The molecule has 0 bridgehead atoms. The van der Waals surface area contributed by atoms with Crippen molar-refractivity contribution in [1.82, 2.24) is 9.59 Å². The third-order valence-corrected chi connectivity index (χ3v) is 4.35. The fourth-order valence-electron chi connectivity index (χ4n) is 1.92. The molecule has 2 aromatic rings. The van der Waals surface area contributed by atoms with E-state index < -0.39 is 0 Å². The lowest BCUT2D eigenvalue weighted by molar-refractivity contribution is 0.715. The molecular weight excluding hydrogens is 301 g/mol. The van der Waals surface area contributed by atoms with Crippen molar-refractivity contribution in [2.24, 2.45) is 5.73 Å². The standard InChI is InChI=1S/C13H15Cl2N3S/c1-2-3-12-13(19-18-17-12)11(16)6-8-4-5-9(14)7-10(8)15/h4-5,7,11H,2-3,6,16H2,1H3. The highest BCUT2D eigenvalue weighted by molar-refractivity contribution is 7.05. The number of nitrogens with two attached hydrogens (primary N) is 1. The number of nitrogens with zero attached hydrogens (tertiary/aromatic N) is 2. The zero-order chi connectivity index (χ0) is 13.8. The van der Waals surface area contributed by atoms with Gasteiger partial charge in [-0.15, -0.1) is 5.10 Å². The van der Waals surface area contributed by atoms with E-state index in [0.29, 0.717) is 16.5 Å². The Morgan fingerprint density at radius 3 is 2.84 bits per heavy atom. The van der Waals surface area contributed by atoms with Gasteiger partial charge in [-0.1, -0.05) is 47.1 Å². The van der Waals surface area contributed by atoms with Crippen molar-refractivity contribution in [2.75, 3.05) is 0 Å². The van der Waals surface area contributed by atoms with Crippen molar-refractivity contribution in [3.05, 3.63) is 44.4 Å². The van der Waals surface area contributed by atoms with Gasteiger partial charge in [0, 0.05) is 16.1 Å². The average molecular weight is 316 g/mol. The first-order valence-corrected chi connectivity index (χ1v) is 7.65. The minimum absolute atomic E-state index is 0.125. The van der Waals surface area contributed by atoms with E-state index in [1.54, 1.807) is 6.07 Å². The topological polar surface area (TPSA) is 51.8 Å². The largest absolute Gasteiger partial charge is 0.323 e. The minimum atomic E-state index is -0.125. The van der Waals surface area contributed by atoms with Crippen LogP contribution in [0.4, 0.5) is 0 Å². The molecule has 2 rings (SSSR count). The second-order valence-electron chi connectivity index (χ2n) is 4.38. The summed E-state index contributed by atoms with van der Waals surface area (Å²) in [5, 5.41) is 5.42. The summed E-state index contributed by atoms with van der Waals surface area (Å²) < 4.78 is 4.00. The molecule has 0 saturated heterocycles. The van der Waals surface area contributed by atoms with Crippen molar-refractivity contribution in [3.63, 3.8) is 0 Å². The molecule has 6 heteroatoms. The zero-order valence-corrected chi connectivity index (χ0v) is 12.9. The Labute approximate surface area is 126 Å². The Morgan fingerprint density at radius 2 is 2.16 bits per heavy atom. The Morgan fingerprint density at radius 1 is 1.37 bits per heavy atom. The van der Waals surface area contributed by atoms with Crippen LogP contribution < -0.4 is 5.73 Å². The summed E-state index contributed by atoms with van der Waals surface area (Å²) in [5.74, 6) is 0. The molecule has 1 heterocycles. The maximum atomic E-state index is 6.25. The molecule has 1 atom stereocenters. The number of hydrogen-bond acceptors (Lipinski definition) is 4. The van der Waals surface area contributed by atoms with Gasteiger partial charge in [0.05, 0.1) is 10.6 Å². The summed E-state index contributed by atoms with van der Waals surface area (Å²) in [6.45, 7) is 2.12. The summed E-state index contributed by atoms with van der Waals surface area (Å²) >= 11 is 13.4. The molecule has 2 N–H and O–H groups in total. The first-order chi connectivity index (χ1) is 9.11. The van der Waals surface area contributed by atoms with Crippen LogP contribution in [0.1, 0.15) is 35.5 Å². The van der Waals surface area contributed by atoms with Crippen molar-refractivity contribution < 1.29 is 0 Å².